The van der Waals surface area contributed by atoms with Gasteiger partial charge in [0.05, 0.1) is 6.54 Å². The van der Waals surface area contributed by atoms with Gasteiger partial charge in [0.15, 0.2) is 0 Å². The third kappa shape index (κ3) is 4.31. The first-order valence-electron chi connectivity index (χ1n) is 6.99. The van der Waals surface area contributed by atoms with E-state index in [-0.39, 0.29) is 12.5 Å². The summed E-state index contributed by atoms with van der Waals surface area (Å²) in [4.78, 5) is 35.8. The molecule has 0 saturated heterocycles. The normalized spacial score (nSPS) is 11.7. The first-order chi connectivity index (χ1) is 10.1. The largest absolute Gasteiger partial charge is 0.481 e. The van der Waals surface area contributed by atoms with Crippen molar-refractivity contribution >= 4 is 23.5 Å². The molecule has 0 aliphatic heterocycles. The van der Waals surface area contributed by atoms with Gasteiger partial charge in [-0.25, -0.2) is 0 Å². The Hall–Kier alpha value is -2.37. The molecule has 0 radical (unpaired) electrons. The third-order valence-electron chi connectivity index (χ3n) is 3.44. The van der Waals surface area contributed by atoms with E-state index in [9.17, 15) is 14.4 Å². The van der Waals surface area contributed by atoms with Gasteiger partial charge in [0.2, 0.25) is 11.8 Å². The number of nitrogens with zero attached hydrogens (tertiary/aromatic N) is 1. The zero-order chi connectivity index (χ0) is 17.0. The molecule has 1 aromatic rings. The van der Waals surface area contributed by atoms with Crippen LogP contribution in [0.3, 0.4) is 0 Å². The van der Waals surface area contributed by atoms with Crippen molar-refractivity contribution in [3.05, 3.63) is 28.8 Å². The van der Waals surface area contributed by atoms with Gasteiger partial charge in [-0.3, -0.25) is 14.4 Å². The number of carboxylic acid groups (broad SMARTS) is 1. The SMILES string of the molecule is Cc1cc(C)c(NC(=O)CN(C)C(=O)C(C)C(=O)O)c(C)c1. The Kier molecular flexibility index (Phi) is 5.68. The van der Waals surface area contributed by atoms with Crippen LogP contribution >= 0.6 is 0 Å². The molecule has 1 aromatic carbocycles. The number of carbonyl (C=O) groups excluding carboxylic acids is 2. The lowest BCUT2D eigenvalue weighted by Crippen LogP contribution is -2.40. The number of hydrogen-bond acceptors (Lipinski definition) is 3. The quantitative estimate of drug-likeness (QED) is 0.811. The number of carboxylic acids is 1. The molecular formula is C16H22N2O4. The van der Waals surface area contributed by atoms with E-state index in [1.54, 1.807) is 0 Å². The van der Waals surface area contributed by atoms with Gasteiger partial charge < -0.3 is 15.3 Å². The number of aryl methyl sites for hydroxylation is 3. The molecule has 6 heteroatoms. The van der Waals surface area contributed by atoms with Crippen molar-refractivity contribution in [3.63, 3.8) is 0 Å². The second-order valence-corrected chi connectivity index (χ2v) is 5.58. The monoisotopic (exact) mass is 306 g/mol. The predicted octanol–water partition coefficient (Wildman–Crippen LogP) is 1.73. The minimum absolute atomic E-state index is 0.191. The Bertz CT molecular complexity index is 587. The van der Waals surface area contributed by atoms with Crippen molar-refractivity contribution in [2.45, 2.75) is 27.7 Å². The van der Waals surface area contributed by atoms with Gasteiger partial charge in [-0.2, -0.15) is 0 Å². The minimum atomic E-state index is -1.21. The number of aliphatic carboxylic acids is 1. The molecule has 6 nitrogen and oxygen atoms in total. The smallest absolute Gasteiger partial charge is 0.315 e. The second kappa shape index (κ2) is 7.06. The number of anilines is 1. The minimum Gasteiger partial charge on any atom is -0.481 e. The summed E-state index contributed by atoms with van der Waals surface area (Å²) in [6.45, 7) is 6.88. The number of nitrogens with one attached hydrogen (secondary N) is 1. The summed E-state index contributed by atoms with van der Waals surface area (Å²) in [5.41, 5.74) is 3.72. The van der Waals surface area contributed by atoms with E-state index in [2.05, 4.69) is 5.32 Å². The molecule has 0 aliphatic carbocycles. The van der Waals surface area contributed by atoms with Gasteiger partial charge >= 0.3 is 5.97 Å². The van der Waals surface area contributed by atoms with Crippen molar-refractivity contribution in [3.8, 4) is 0 Å². The van der Waals surface area contributed by atoms with Gasteiger partial charge in [-0.15, -0.1) is 0 Å². The van der Waals surface area contributed by atoms with Crippen LogP contribution in [0, 0.1) is 26.7 Å². The summed E-state index contributed by atoms with van der Waals surface area (Å²) in [7, 11) is 1.41. The number of benzene rings is 1. The highest BCUT2D eigenvalue weighted by molar-refractivity contribution is 6.00. The molecule has 0 aliphatic rings. The molecule has 0 bridgehead atoms. The molecule has 120 valence electrons. The summed E-state index contributed by atoms with van der Waals surface area (Å²) in [6.07, 6.45) is 0. The number of likely N-dealkylation sites (N-methyl/N-ethyl adjacent to an activating group) is 1. The van der Waals surface area contributed by atoms with Crippen LogP contribution in [0.2, 0.25) is 0 Å². The van der Waals surface area contributed by atoms with Crippen LogP contribution in [0.25, 0.3) is 0 Å². The molecule has 2 N–H and O–H groups in total. The zero-order valence-electron chi connectivity index (χ0n) is 13.6. The van der Waals surface area contributed by atoms with Crippen LogP contribution in [0.5, 0.6) is 0 Å². The fourth-order valence-corrected chi connectivity index (χ4v) is 2.29. The number of hydrogen-bond donors (Lipinski definition) is 2. The average Bonchev–Trinajstić information content (AvgIpc) is 2.40. The lowest BCUT2D eigenvalue weighted by atomic mass is 10.1. The Morgan fingerprint density at radius 3 is 2.14 bits per heavy atom. The summed E-state index contributed by atoms with van der Waals surface area (Å²) in [6, 6.07) is 3.92. The molecule has 0 aromatic heterocycles. The topological polar surface area (TPSA) is 86.7 Å². The van der Waals surface area contributed by atoms with Crippen molar-refractivity contribution < 1.29 is 19.5 Å². The van der Waals surface area contributed by atoms with Crippen molar-refractivity contribution in [2.75, 3.05) is 18.9 Å². The van der Waals surface area contributed by atoms with Crippen LogP contribution in [-0.4, -0.2) is 41.4 Å². The van der Waals surface area contributed by atoms with Crippen LogP contribution in [0.4, 0.5) is 5.69 Å². The first kappa shape index (κ1) is 17.7. The first-order valence-corrected chi connectivity index (χ1v) is 6.99. The van der Waals surface area contributed by atoms with Gasteiger partial charge in [-0.05, 0) is 38.8 Å². The highest BCUT2D eigenvalue weighted by Gasteiger charge is 2.25. The maximum atomic E-state index is 12.1. The summed E-state index contributed by atoms with van der Waals surface area (Å²) in [5.74, 6) is -3.33. The maximum Gasteiger partial charge on any atom is 0.315 e. The van der Waals surface area contributed by atoms with Crippen molar-refractivity contribution in [1.29, 1.82) is 0 Å². The molecule has 0 fully saturated rings. The summed E-state index contributed by atoms with van der Waals surface area (Å²) < 4.78 is 0. The average molecular weight is 306 g/mol. The van der Waals surface area contributed by atoms with Crippen LogP contribution < -0.4 is 5.32 Å². The van der Waals surface area contributed by atoms with Crippen molar-refractivity contribution in [2.24, 2.45) is 5.92 Å². The van der Waals surface area contributed by atoms with E-state index >= 15 is 0 Å². The predicted molar refractivity (Wildman–Crippen MR) is 83.7 cm³/mol. The van der Waals surface area contributed by atoms with Crippen LogP contribution in [-0.2, 0) is 14.4 Å². The number of rotatable bonds is 5. The second-order valence-electron chi connectivity index (χ2n) is 5.58. The van der Waals surface area contributed by atoms with Gasteiger partial charge in [0.25, 0.3) is 0 Å². The fourth-order valence-electron chi connectivity index (χ4n) is 2.29. The Morgan fingerprint density at radius 2 is 1.68 bits per heavy atom. The molecule has 1 atom stereocenters. The Labute approximate surface area is 130 Å². The van der Waals surface area contributed by atoms with Crippen LogP contribution in [0.1, 0.15) is 23.6 Å². The molecule has 1 rings (SSSR count). The molecule has 22 heavy (non-hydrogen) atoms. The van der Waals surface area contributed by atoms with Gasteiger partial charge in [-0.1, -0.05) is 17.7 Å². The summed E-state index contributed by atoms with van der Waals surface area (Å²) in [5, 5.41) is 11.6. The van der Waals surface area contributed by atoms with Crippen molar-refractivity contribution in [1.82, 2.24) is 4.90 Å². The third-order valence-corrected chi connectivity index (χ3v) is 3.44. The van der Waals surface area contributed by atoms with E-state index in [0.29, 0.717) is 0 Å². The fraction of sp³-hybridized carbons (Fsp3) is 0.438. The molecule has 0 spiro atoms. The Balaban J connectivity index is 2.75. The number of amides is 2. The number of carbonyl (C=O) groups is 3. The molecule has 2 amide bonds. The zero-order valence-corrected chi connectivity index (χ0v) is 13.6. The van der Waals surface area contributed by atoms with Crippen LogP contribution in [0.15, 0.2) is 12.1 Å². The lowest BCUT2D eigenvalue weighted by Gasteiger charge is -2.20. The van der Waals surface area contributed by atoms with E-state index in [4.69, 9.17) is 5.11 Å². The molecular weight excluding hydrogens is 284 g/mol. The standard InChI is InChI=1S/C16H22N2O4/c1-9-6-10(2)14(11(3)7-9)17-13(19)8-18(5)15(20)12(4)16(21)22/h6-7,12H,8H2,1-5H3,(H,17,19)(H,21,22). The maximum absolute atomic E-state index is 12.1. The lowest BCUT2D eigenvalue weighted by molar-refractivity contribution is -0.150. The van der Waals surface area contributed by atoms with E-state index in [0.717, 1.165) is 27.3 Å². The van der Waals surface area contributed by atoms with Gasteiger partial charge in [0.1, 0.15) is 5.92 Å². The van der Waals surface area contributed by atoms with E-state index in [1.807, 2.05) is 32.9 Å². The summed E-state index contributed by atoms with van der Waals surface area (Å²) >= 11 is 0. The Morgan fingerprint density at radius 1 is 1.18 bits per heavy atom. The van der Waals surface area contributed by atoms with E-state index in [1.165, 1.54) is 14.0 Å². The molecule has 0 heterocycles. The highest BCUT2D eigenvalue weighted by Crippen LogP contribution is 2.21. The van der Waals surface area contributed by atoms with Gasteiger partial charge in [0, 0.05) is 12.7 Å². The molecule has 0 saturated carbocycles. The van der Waals surface area contributed by atoms with E-state index < -0.39 is 17.8 Å². The highest BCUT2D eigenvalue weighted by atomic mass is 16.4. The molecule has 1 unspecified atom stereocenters.